The van der Waals surface area contributed by atoms with Gasteiger partial charge in [0.15, 0.2) is 0 Å². The van der Waals surface area contributed by atoms with E-state index in [4.69, 9.17) is 16.9 Å². The summed E-state index contributed by atoms with van der Waals surface area (Å²) in [4.78, 5) is 0. The molecule has 6 heteroatoms. The Labute approximate surface area is 101 Å². The number of hydrogen-bond acceptors (Lipinski definition) is 2. The van der Waals surface area contributed by atoms with Gasteiger partial charge in [-0.2, -0.15) is 18.4 Å². The summed E-state index contributed by atoms with van der Waals surface area (Å²) in [7, 11) is 0. The van der Waals surface area contributed by atoms with Crippen molar-refractivity contribution in [3.05, 3.63) is 40.9 Å². The normalized spacial score (nSPS) is 10.8. The Bertz CT molecular complexity index is 475. The predicted molar refractivity (Wildman–Crippen MR) is 59.6 cm³/mol. The molecule has 1 aromatic carbocycles. The van der Waals surface area contributed by atoms with Gasteiger partial charge < -0.3 is 5.32 Å². The van der Waals surface area contributed by atoms with Crippen LogP contribution in [0.5, 0.6) is 0 Å². The molecule has 0 spiro atoms. The van der Waals surface area contributed by atoms with Crippen LogP contribution in [-0.4, -0.2) is 6.54 Å². The van der Waals surface area contributed by atoms with Crippen molar-refractivity contribution in [3.8, 4) is 6.07 Å². The summed E-state index contributed by atoms with van der Waals surface area (Å²) in [6.07, 6.45) is -4.55. The van der Waals surface area contributed by atoms with Crippen LogP contribution in [0.4, 0.5) is 18.9 Å². The minimum atomic E-state index is -4.55. The monoisotopic (exact) mass is 260 g/mol. The van der Waals surface area contributed by atoms with Crippen LogP contribution in [0.3, 0.4) is 0 Å². The number of hydrogen-bond donors (Lipinski definition) is 1. The van der Waals surface area contributed by atoms with Gasteiger partial charge in [-0.1, -0.05) is 18.2 Å². The van der Waals surface area contributed by atoms with Gasteiger partial charge in [0.25, 0.3) is 0 Å². The van der Waals surface area contributed by atoms with Gasteiger partial charge in [0.05, 0.1) is 23.7 Å². The molecule has 0 atom stereocenters. The van der Waals surface area contributed by atoms with Crippen molar-refractivity contribution >= 4 is 17.3 Å². The Kier molecular flexibility index (Phi) is 4.02. The first-order valence-electron chi connectivity index (χ1n) is 4.53. The van der Waals surface area contributed by atoms with Crippen LogP contribution in [0, 0.1) is 11.3 Å². The number of anilines is 1. The van der Waals surface area contributed by atoms with Crippen molar-refractivity contribution in [2.45, 2.75) is 6.18 Å². The average molecular weight is 261 g/mol. The van der Waals surface area contributed by atoms with Gasteiger partial charge in [0.2, 0.25) is 0 Å². The molecule has 0 bridgehead atoms. The van der Waals surface area contributed by atoms with E-state index < -0.39 is 17.3 Å². The van der Waals surface area contributed by atoms with E-state index in [-0.39, 0.29) is 17.3 Å². The van der Waals surface area contributed by atoms with Gasteiger partial charge in [-0.05, 0) is 18.2 Å². The summed E-state index contributed by atoms with van der Waals surface area (Å²) in [5.41, 5.74) is -1.14. The summed E-state index contributed by atoms with van der Waals surface area (Å²) in [5, 5.41) is 11.5. The lowest BCUT2D eigenvalue weighted by molar-refractivity contribution is -0.137. The minimum Gasteiger partial charge on any atom is -0.380 e. The predicted octanol–water partition coefficient (Wildman–Crippen LogP) is 3.74. The van der Waals surface area contributed by atoms with Crippen molar-refractivity contribution in [3.63, 3.8) is 0 Å². The third-order valence-electron chi connectivity index (χ3n) is 1.93. The molecule has 1 aromatic rings. The van der Waals surface area contributed by atoms with Crippen LogP contribution < -0.4 is 5.32 Å². The van der Waals surface area contributed by atoms with Crippen molar-refractivity contribution in [1.29, 1.82) is 5.26 Å². The second-order valence-corrected chi connectivity index (χ2v) is 3.78. The molecule has 0 saturated heterocycles. The molecule has 0 aliphatic rings. The third kappa shape index (κ3) is 3.68. The fourth-order valence-corrected chi connectivity index (χ4v) is 1.25. The lowest BCUT2D eigenvalue weighted by Gasteiger charge is -2.11. The quantitative estimate of drug-likeness (QED) is 0.899. The number of nitriles is 1. The van der Waals surface area contributed by atoms with Gasteiger partial charge in [-0.25, -0.2) is 0 Å². The number of nitrogens with zero attached hydrogens (tertiary/aromatic N) is 1. The zero-order chi connectivity index (χ0) is 13.1. The fraction of sp³-hybridized carbons (Fsp3) is 0.182. The van der Waals surface area contributed by atoms with Gasteiger partial charge in [0, 0.05) is 10.7 Å². The summed E-state index contributed by atoms with van der Waals surface area (Å²) >= 11 is 5.48. The Hall–Kier alpha value is -1.67. The van der Waals surface area contributed by atoms with E-state index in [0.717, 1.165) is 12.1 Å². The van der Waals surface area contributed by atoms with Gasteiger partial charge in [-0.3, -0.25) is 0 Å². The summed E-state index contributed by atoms with van der Waals surface area (Å²) < 4.78 is 37.8. The first kappa shape index (κ1) is 13.4. The van der Waals surface area contributed by atoms with E-state index in [1.807, 2.05) is 0 Å². The maximum absolute atomic E-state index is 12.6. The molecular formula is C11H8ClF3N2. The van der Waals surface area contributed by atoms with E-state index in [0.29, 0.717) is 0 Å². The van der Waals surface area contributed by atoms with Crippen molar-refractivity contribution in [2.24, 2.45) is 0 Å². The number of halogens is 4. The van der Waals surface area contributed by atoms with E-state index in [1.54, 1.807) is 0 Å². The molecule has 0 aromatic heterocycles. The standard InChI is InChI=1S/C11H8ClF3N2/c1-7(12)6-17-9-3-2-8(5-16)10(4-9)11(13,14)15/h2-4,17H,1,6H2. The number of benzene rings is 1. The third-order valence-corrected chi connectivity index (χ3v) is 2.06. The van der Waals surface area contributed by atoms with E-state index in [1.165, 1.54) is 12.1 Å². The largest absolute Gasteiger partial charge is 0.417 e. The molecule has 17 heavy (non-hydrogen) atoms. The van der Waals surface area contributed by atoms with Crippen LogP contribution >= 0.6 is 11.6 Å². The summed E-state index contributed by atoms with van der Waals surface area (Å²) in [6, 6.07) is 4.87. The highest BCUT2D eigenvalue weighted by atomic mass is 35.5. The Morgan fingerprint density at radius 3 is 2.59 bits per heavy atom. The summed E-state index contributed by atoms with van der Waals surface area (Å²) in [6.45, 7) is 3.56. The maximum atomic E-state index is 12.6. The second kappa shape index (κ2) is 5.11. The highest BCUT2D eigenvalue weighted by Gasteiger charge is 2.33. The average Bonchev–Trinajstić information content (AvgIpc) is 2.24. The van der Waals surface area contributed by atoms with Gasteiger partial charge >= 0.3 is 6.18 Å². The molecule has 2 nitrogen and oxygen atoms in total. The smallest absolute Gasteiger partial charge is 0.380 e. The van der Waals surface area contributed by atoms with E-state index >= 15 is 0 Å². The van der Waals surface area contributed by atoms with Crippen molar-refractivity contribution in [2.75, 3.05) is 11.9 Å². The number of alkyl halides is 3. The molecule has 90 valence electrons. The molecule has 0 aliphatic heterocycles. The second-order valence-electron chi connectivity index (χ2n) is 3.24. The lowest BCUT2D eigenvalue weighted by Crippen LogP contribution is -2.09. The molecule has 0 heterocycles. The van der Waals surface area contributed by atoms with Crippen molar-refractivity contribution in [1.82, 2.24) is 0 Å². The Morgan fingerprint density at radius 1 is 1.47 bits per heavy atom. The van der Waals surface area contributed by atoms with E-state index in [9.17, 15) is 13.2 Å². The molecule has 0 unspecified atom stereocenters. The molecule has 1 N–H and O–H groups in total. The topological polar surface area (TPSA) is 35.8 Å². The zero-order valence-corrected chi connectivity index (χ0v) is 9.36. The molecular weight excluding hydrogens is 253 g/mol. The Balaban J connectivity index is 3.06. The van der Waals surface area contributed by atoms with Crippen molar-refractivity contribution < 1.29 is 13.2 Å². The molecule has 0 radical (unpaired) electrons. The van der Waals surface area contributed by atoms with E-state index in [2.05, 4.69) is 11.9 Å². The molecule has 0 fully saturated rings. The molecule has 0 aliphatic carbocycles. The lowest BCUT2D eigenvalue weighted by atomic mass is 10.1. The maximum Gasteiger partial charge on any atom is 0.417 e. The molecule has 0 saturated carbocycles. The molecule has 0 amide bonds. The highest BCUT2D eigenvalue weighted by Crippen LogP contribution is 2.33. The number of nitrogens with one attached hydrogen (secondary N) is 1. The van der Waals surface area contributed by atoms with Crippen LogP contribution in [0.2, 0.25) is 0 Å². The molecule has 1 rings (SSSR count). The first-order valence-corrected chi connectivity index (χ1v) is 4.91. The van der Waals surface area contributed by atoms with Crippen LogP contribution in [0.25, 0.3) is 0 Å². The highest BCUT2D eigenvalue weighted by molar-refractivity contribution is 6.29. The van der Waals surface area contributed by atoms with Crippen LogP contribution in [-0.2, 0) is 6.18 Å². The van der Waals surface area contributed by atoms with Crippen LogP contribution in [0.15, 0.2) is 29.8 Å². The van der Waals surface area contributed by atoms with Gasteiger partial charge in [-0.15, -0.1) is 0 Å². The Morgan fingerprint density at radius 2 is 2.12 bits per heavy atom. The van der Waals surface area contributed by atoms with Crippen LogP contribution in [0.1, 0.15) is 11.1 Å². The van der Waals surface area contributed by atoms with Gasteiger partial charge in [0.1, 0.15) is 0 Å². The minimum absolute atomic E-state index is 0.157. The fourth-order valence-electron chi connectivity index (χ4n) is 1.18. The summed E-state index contributed by atoms with van der Waals surface area (Å²) in [5.74, 6) is 0. The zero-order valence-electron chi connectivity index (χ0n) is 8.61. The number of rotatable bonds is 3. The SMILES string of the molecule is C=C(Cl)CNc1ccc(C#N)c(C(F)(F)F)c1. The first-order chi connectivity index (χ1) is 7.84.